The SMILES string of the molecule is COc1ccc(Cc2nnc(Sc3ccc([N+](=O)[O-])cc3[N+](=O)[O-])o2)cc1OC. The molecule has 0 N–H and O–H groups in total. The van der Waals surface area contributed by atoms with Gasteiger partial charge in [-0.2, -0.15) is 0 Å². The molecule has 0 amide bonds. The van der Waals surface area contributed by atoms with E-state index in [4.69, 9.17) is 13.9 Å². The van der Waals surface area contributed by atoms with Gasteiger partial charge in [-0.05, 0) is 35.5 Å². The van der Waals surface area contributed by atoms with Crippen LogP contribution in [0.15, 0.2) is 50.9 Å². The summed E-state index contributed by atoms with van der Waals surface area (Å²) in [4.78, 5) is 20.8. The third-order valence-electron chi connectivity index (χ3n) is 3.80. The summed E-state index contributed by atoms with van der Waals surface area (Å²) >= 11 is 0.859. The van der Waals surface area contributed by atoms with Crippen molar-refractivity contribution in [1.29, 1.82) is 0 Å². The molecule has 12 heteroatoms. The number of nitro groups is 2. The molecule has 0 saturated heterocycles. The maximum atomic E-state index is 11.2. The summed E-state index contributed by atoms with van der Waals surface area (Å²) in [6, 6.07) is 8.69. The van der Waals surface area contributed by atoms with Gasteiger partial charge in [0.25, 0.3) is 16.6 Å². The molecule has 0 saturated carbocycles. The molecule has 0 aliphatic carbocycles. The van der Waals surface area contributed by atoms with Gasteiger partial charge >= 0.3 is 0 Å². The Hall–Kier alpha value is -3.67. The monoisotopic (exact) mass is 418 g/mol. The van der Waals surface area contributed by atoms with E-state index in [2.05, 4.69) is 10.2 Å². The van der Waals surface area contributed by atoms with Crippen molar-refractivity contribution < 1.29 is 23.7 Å². The third kappa shape index (κ3) is 4.60. The fourth-order valence-electron chi connectivity index (χ4n) is 2.46. The van der Waals surface area contributed by atoms with E-state index >= 15 is 0 Å². The lowest BCUT2D eigenvalue weighted by Crippen LogP contribution is -1.94. The molecule has 3 rings (SSSR count). The van der Waals surface area contributed by atoms with E-state index in [-0.39, 0.29) is 15.8 Å². The van der Waals surface area contributed by atoms with Crippen molar-refractivity contribution in [2.45, 2.75) is 16.5 Å². The number of ether oxygens (including phenoxy) is 2. The van der Waals surface area contributed by atoms with Crippen molar-refractivity contribution in [1.82, 2.24) is 10.2 Å². The third-order valence-corrected chi connectivity index (χ3v) is 4.70. The van der Waals surface area contributed by atoms with E-state index in [1.165, 1.54) is 26.4 Å². The van der Waals surface area contributed by atoms with Gasteiger partial charge in [0.05, 0.1) is 41.4 Å². The van der Waals surface area contributed by atoms with Crippen LogP contribution in [0.25, 0.3) is 0 Å². The summed E-state index contributed by atoms with van der Waals surface area (Å²) in [6.45, 7) is 0. The minimum Gasteiger partial charge on any atom is -0.493 e. The predicted molar refractivity (Wildman–Crippen MR) is 101 cm³/mol. The van der Waals surface area contributed by atoms with Crippen LogP contribution in [0.4, 0.5) is 11.4 Å². The number of hydrogen-bond donors (Lipinski definition) is 0. The van der Waals surface area contributed by atoms with E-state index in [1.807, 2.05) is 6.07 Å². The first-order chi connectivity index (χ1) is 13.9. The fourth-order valence-corrected chi connectivity index (χ4v) is 3.24. The largest absolute Gasteiger partial charge is 0.493 e. The van der Waals surface area contributed by atoms with Gasteiger partial charge in [0, 0.05) is 6.07 Å². The number of methoxy groups -OCH3 is 2. The molecule has 0 atom stereocenters. The second-order valence-electron chi connectivity index (χ2n) is 5.60. The molecular weight excluding hydrogens is 404 g/mol. The van der Waals surface area contributed by atoms with Gasteiger partial charge in [0.15, 0.2) is 11.5 Å². The van der Waals surface area contributed by atoms with Crippen LogP contribution >= 0.6 is 11.8 Å². The van der Waals surface area contributed by atoms with E-state index in [9.17, 15) is 20.2 Å². The van der Waals surface area contributed by atoms with Gasteiger partial charge in [-0.3, -0.25) is 20.2 Å². The Morgan fingerprint density at radius 3 is 2.41 bits per heavy atom. The molecule has 0 bridgehead atoms. The Balaban J connectivity index is 1.79. The summed E-state index contributed by atoms with van der Waals surface area (Å²) in [6.07, 6.45) is 0.316. The molecule has 0 fully saturated rings. The predicted octanol–water partition coefficient (Wildman–Crippen LogP) is 3.65. The number of hydrogen-bond acceptors (Lipinski definition) is 10. The molecule has 0 aliphatic rings. The lowest BCUT2D eigenvalue weighted by Gasteiger charge is -2.08. The summed E-state index contributed by atoms with van der Waals surface area (Å²) in [7, 11) is 3.07. The van der Waals surface area contributed by atoms with Crippen LogP contribution in [0, 0.1) is 20.2 Å². The van der Waals surface area contributed by atoms with E-state index < -0.39 is 15.5 Å². The maximum Gasteiger partial charge on any atom is 0.290 e. The Morgan fingerprint density at radius 2 is 1.76 bits per heavy atom. The van der Waals surface area contributed by atoms with E-state index in [0.29, 0.717) is 23.8 Å². The summed E-state index contributed by atoms with van der Waals surface area (Å²) in [5.74, 6) is 1.44. The fraction of sp³-hybridized carbons (Fsp3) is 0.176. The van der Waals surface area contributed by atoms with Crippen LogP contribution in [0.3, 0.4) is 0 Å². The average molecular weight is 418 g/mol. The zero-order chi connectivity index (χ0) is 21.0. The number of benzene rings is 2. The lowest BCUT2D eigenvalue weighted by atomic mass is 10.1. The zero-order valence-corrected chi connectivity index (χ0v) is 16.0. The first-order valence-corrected chi connectivity index (χ1v) is 8.87. The van der Waals surface area contributed by atoms with Crippen LogP contribution in [0.2, 0.25) is 0 Å². The highest BCUT2D eigenvalue weighted by molar-refractivity contribution is 7.99. The molecule has 1 heterocycles. The Kier molecular flexibility index (Phi) is 5.93. The number of non-ortho nitro benzene ring substituents is 1. The lowest BCUT2D eigenvalue weighted by molar-refractivity contribution is -0.396. The summed E-state index contributed by atoms with van der Waals surface area (Å²) in [5, 5.41) is 29.9. The Labute approximate surface area is 167 Å². The van der Waals surface area contributed by atoms with E-state index in [0.717, 1.165) is 23.4 Å². The van der Waals surface area contributed by atoms with Crippen molar-refractivity contribution in [2.24, 2.45) is 0 Å². The average Bonchev–Trinajstić information content (AvgIpc) is 3.14. The minimum atomic E-state index is -0.699. The van der Waals surface area contributed by atoms with Crippen molar-refractivity contribution >= 4 is 23.1 Å². The molecule has 11 nitrogen and oxygen atoms in total. The zero-order valence-electron chi connectivity index (χ0n) is 15.2. The van der Waals surface area contributed by atoms with Gasteiger partial charge in [-0.15, -0.1) is 10.2 Å². The molecule has 1 aromatic heterocycles. The molecule has 150 valence electrons. The van der Waals surface area contributed by atoms with Gasteiger partial charge in [0.1, 0.15) is 0 Å². The van der Waals surface area contributed by atoms with Gasteiger partial charge in [0.2, 0.25) is 5.89 Å². The highest BCUT2D eigenvalue weighted by Gasteiger charge is 2.22. The van der Waals surface area contributed by atoms with Crippen molar-refractivity contribution in [2.75, 3.05) is 14.2 Å². The van der Waals surface area contributed by atoms with Crippen molar-refractivity contribution in [3.05, 3.63) is 68.1 Å². The highest BCUT2D eigenvalue weighted by atomic mass is 32.2. The van der Waals surface area contributed by atoms with E-state index in [1.54, 1.807) is 12.1 Å². The van der Waals surface area contributed by atoms with Crippen molar-refractivity contribution in [3.63, 3.8) is 0 Å². The normalized spacial score (nSPS) is 10.6. The van der Waals surface area contributed by atoms with Crippen LogP contribution < -0.4 is 9.47 Å². The number of nitrogens with zero attached hydrogens (tertiary/aromatic N) is 4. The summed E-state index contributed by atoms with van der Waals surface area (Å²) < 4.78 is 16.0. The van der Waals surface area contributed by atoms with Gasteiger partial charge < -0.3 is 13.9 Å². The molecule has 3 aromatic rings. The second-order valence-corrected chi connectivity index (χ2v) is 6.59. The topological polar surface area (TPSA) is 144 Å². The standard InChI is InChI=1S/C17H14N4O7S/c1-26-13-5-3-10(7-14(13)27-2)8-16-18-19-17(28-16)29-15-6-4-11(20(22)23)9-12(15)21(24)25/h3-7,9H,8H2,1-2H3. The molecule has 2 aromatic carbocycles. The first kappa shape index (κ1) is 20.1. The van der Waals surface area contributed by atoms with Crippen LogP contribution in [0.5, 0.6) is 11.5 Å². The molecule has 29 heavy (non-hydrogen) atoms. The smallest absolute Gasteiger partial charge is 0.290 e. The Bertz CT molecular complexity index is 1070. The quantitative estimate of drug-likeness (QED) is 0.392. The first-order valence-electron chi connectivity index (χ1n) is 8.05. The maximum absolute atomic E-state index is 11.2. The number of nitro benzene ring substituents is 2. The van der Waals surface area contributed by atoms with Crippen molar-refractivity contribution in [3.8, 4) is 11.5 Å². The molecule has 0 unspecified atom stereocenters. The second kappa shape index (κ2) is 8.56. The van der Waals surface area contributed by atoms with Crippen LogP contribution in [-0.4, -0.2) is 34.3 Å². The summed E-state index contributed by atoms with van der Waals surface area (Å²) in [5.41, 5.74) is 0.0497. The number of rotatable bonds is 8. The molecule has 0 spiro atoms. The highest BCUT2D eigenvalue weighted by Crippen LogP contribution is 2.36. The van der Waals surface area contributed by atoms with Gasteiger partial charge in [-0.1, -0.05) is 6.07 Å². The van der Waals surface area contributed by atoms with Crippen LogP contribution in [0.1, 0.15) is 11.5 Å². The van der Waals surface area contributed by atoms with Crippen LogP contribution in [-0.2, 0) is 6.42 Å². The van der Waals surface area contributed by atoms with Gasteiger partial charge in [-0.25, -0.2) is 0 Å². The molecule has 0 aliphatic heterocycles. The molecular formula is C17H14N4O7S. The molecule has 0 radical (unpaired) electrons. The minimum absolute atomic E-state index is 0.0810. The Morgan fingerprint density at radius 1 is 1.00 bits per heavy atom. The number of aromatic nitrogens is 2.